The number of amides is 1. The summed E-state index contributed by atoms with van der Waals surface area (Å²) in [6.45, 7) is 2.17. The van der Waals surface area contributed by atoms with Crippen molar-refractivity contribution in [3.8, 4) is 17.2 Å². The predicted molar refractivity (Wildman–Crippen MR) is 104 cm³/mol. The van der Waals surface area contributed by atoms with Gasteiger partial charge in [-0.2, -0.15) is 0 Å². The molecule has 0 spiro atoms. The molecule has 6 heteroatoms. The van der Waals surface area contributed by atoms with E-state index < -0.39 is 12.0 Å². The molecule has 6 nitrogen and oxygen atoms in total. The lowest BCUT2D eigenvalue weighted by atomic mass is 9.87. The third-order valence-electron chi connectivity index (χ3n) is 5.39. The van der Waals surface area contributed by atoms with Gasteiger partial charge in [-0.3, -0.25) is 4.79 Å². The standard InChI is InChI=1S/C22H25NO5/c1-26-20-16(9-10-18-21(20)28-13-12-27-18)19(24)17-8-5-11-23(22(17)25)14-15-6-3-2-4-7-15/h2-4,6-7,9-10,17,19,24H,5,8,11-14H2,1H3. The highest BCUT2D eigenvalue weighted by molar-refractivity contribution is 5.80. The van der Waals surface area contributed by atoms with Crippen LogP contribution >= 0.6 is 0 Å². The summed E-state index contributed by atoms with van der Waals surface area (Å²) in [5.74, 6) is 1.00. The van der Waals surface area contributed by atoms with Gasteiger partial charge in [-0.15, -0.1) is 0 Å². The number of fused-ring (bicyclic) bond motifs is 1. The molecule has 0 aromatic heterocycles. The number of carbonyl (C=O) groups is 1. The molecular formula is C22H25NO5. The van der Waals surface area contributed by atoms with E-state index in [0.717, 1.165) is 12.0 Å². The number of hydrogen-bond acceptors (Lipinski definition) is 5. The zero-order valence-electron chi connectivity index (χ0n) is 16.0. The van der Waals surface area contributed by atoms with Gasteiger partial charge in [0.05, 0.1) is 19.1 Å². The van der Waals surface area contributed by atoms with Crippen molar-refractivity contribution in [1.82, 2.24) is 4.90 Å². The van der Waals surface area contributed by atoms with Crippen molar-refractivity contribution in [3.63, 3.8) is 0 Å². The number of likely N-dealkylation sites (tertiary alicyclic amines) is 1. The molecule has 2 aromatic carbocycles. The lowest BCUT2D eigenvalue weighted by molar-refractivity contribution is -0.143. The quantitative estimate of drug-likeness (QED) is 0.860. The van der Waals surface area contributed by atoms with E-state index in [-0.39, 0.29) is 5.91 Å². The van der Waals surface area contributed by atoms with Crippen LogP contribution in [0, 0.1) is 5.92 Å². The van der Waals surface area contributed by atoms with Crippen LogP contribution in [-0.2, 0) is 11.3 Å². The first-order valence-electron chi connectivity index (χ1n) is 9.66. The zero-order chi connectivity index (χ0) is 19.5. The van der Waals surface area contributed by atoms with Crippen LogP contribution in [0.2, 0.25) is 0 Å². The average Bonchev–Trinajstić information content (AvgIpc) is 2.74. The lowest BCUT2D eigenvalue weighted by Crippen LogP contribution is -2.43. The fourth-order valence-corrected chi connectivity index (χ4v) is 3.99. The van der Waals surface area contributed by atoms with Gasteiger partial charge in [-0.1, -0.05) is 30.3 Å². The monoisotopic (exact) mass is 383 g/mol. The third-order valence-corrected chi connectivity index (χ3v) is 5.39. The Labute approximate surface area is 164 Å². The zero-order valence-corrected chi connectivity index (χ0v) is 16.0. The van der Waals surface area contributed by atoms with Crippen molar-refractivity contribution in [1.29, 1.82) is 0 Å². The summed E-state index contributed by atoms with van der Waals surface area (Å²) in [4.78, 5) is 14.9. The van der Waals surface area contributed by atoms with E-state index in [2.05, 4.69) is 0 Å². The van der Waals surface area contributed by atoms with Gasteiger partial charge in [-0.25, -0.2) is 0 Å². The maximum Gasteiger partial charge on any atom is 0.228 e. The van der Waals surface area contributed by atoms with Crippen molar-refractivity contribution < 1.29 is 24.1 Å². The van der Waals surface area contributed by atoms with Crippen LogP contribution in [0.4, 0.5) is 0 Å². The summed E-state index contributed by atoms with van der Waals surface area (Å²) in [7, 11) is 1.54. The van der Waals surface area contributed by atoms with Crippen LogP contribution in [0.25, 0.3) is 0 Å². The van der Waals surface area contributed by atoms with Gasteiger partial charge in [-0.05, 0) is 30.5 Å². The SMILES string of the molecule is COc1c(C(O)C2CCCN(Cc3ccccc3)C2=O)ccc2c1OCCO2. The molecule has 148 valence electrons. The van der Waals surface area contributed by atoms with Gasteiger partial charge in [0.2, 0.25) is 11.7 Å². The molecule has 1 fully saturated rings. The minimum absolute atomic E-state index is 0.0282. The second kappa shape index (κ2) is 8.10. The molecule has 1 N–H and O–H groups in total. The fraction of sp³-hybridized carbons (Fsp3) is 0.409. The summed E-state index contributed by atoms with van der Waals surface area (Å²) in [6, 6.07) is 13.5. The second-order valence-corrected chi connectivity index (χ2v) is 7.15. The van der Waals surface area contributed by atoms with Gasteiger partial charge < -0.3 is 24.2 Å². The Morgan fingerprint density at radius 1 is 1.18 bits per heavy atom. The largest absolute Gasteiger partial charge is 0.492 e. The minimum Gasteiger partial charge on any atom is -0.492 e. The Bertz CT molecular complexity index is 838. The topological polar surface area (TPSA) is 68.2 Å². The summed E-state index contributed by atoms with van der Waals surface area (Å²) in [6.07, 6.45) is 0.535. The van der Waals surface area contributed by atoms with E-state index >= 15 is 0 Å². The van der Waals surface area contributed by atoms with E-state index in [0.29, 0.717) is 55.5 Å². The van der Waals surface area contributed by atoms with Gasteiger partial charge in [0.25, 0.3) is 0 Å². The molecule has 2 unspecified atom stereocenters. The first-order chi connectivity index (χ1) is 13.7. The number of aliphatic hydroxyl groups is 1. The molecular weight excluding hydrogens is 358 g/mol. The van der Waals surface area contributed by atoms with E-state index in [9.17, 15) is 9.90 Å². The number of benzene rings is 2. The number of ether oxygens (including phenoxy) is 3. The normalized spacial score (nSPS) is 20.0. The van der Waals surface area contributed by atoms with Crippen LogP contribution in [0.15, 0.2) is 42.5 Å². The minimum atomic E-state index is -0.961. The summed E-state index contributed by atoms with van der Waals surface area (Å²) < 4.78 is 16.8. The maximum atomic E-state index is 13.1. The molecule has 0 aliphatic carbocycles. The van der Waals surface area contributed by atoms with Gasteiger partial charge in [0.1, 0.15) is 13.2 Å². The molecule has 0 saturated carbocycles. The van der Waals surface area contributed by atoms with Crippen LogP contribution in [0.5, 0.6) is 17.2 Å². The lowest BCUT2D eigenvalue weighted by Gasteiger charge is -2.35. The molecule has 1 saturated heterocycles. The predicted octanol–water partition coefficient (Wildman–Crippen LogP) is 2.94. The molecule has 1 amide bonds. The van der Waals surface area contributed by atoms with Crippen molar-refractivity contribution in [2.75, 3.05) is 26.9 Å². The Balaban J connectivity index is 1.57. The molecule has 28 heavy (non-hydrogen) atoms. The van der Waals surface area contributed by atoms with E-state index in [1.807, 2.05) is 35.2 Å². The molecule has 2 aliphatic heterocycles. The van der Waals surface area contributed by atoms with E-state index in [1.165, 1.54) is 7.11 Å². The van der Waals surface area contributed by atoms with Crippen molar-refractivity contribution in [3.05, 3.63) is 53.6 Å². The summed E-state index contributed by atoms with van der Waals surface area (Å²) in [5.41, 5.74) is 1.65. The summed E-state index contributed by atoms with van der Waals surface area (Å²) in [5, 5.41) is 11.1. The number of rotatable bonds is 5. The van der Waals surface area contributed by atoms with Crippen LogP contribution < -0.4 is 14.2 Å². The highest BCUT2D eigenvalue weighted by atomic mass is 16.6. The molecule has 4 rings (SSSR count). The van der Waals surface area contributed by atoms with Crippen molar-refractivity contribution >= 4 is 5.91 Å². The number of methoxy groups -OCH3 is 1. The van der Waals surface area contributed by atoms with Gasteiger partial charge >= 0.3 is 0 Å². The number of hydrogen-bond donors (Lipinski definition) is 1. The highest BCUT2D eigenvalue weighted by Crippen LogP contribution is 2.46. The molecule has 2 aromatic rings. The fourth-order valence-electron chi connectivity index (χ4n) is 3.99. The third kappa shape index (κ3) is 3.52. The number of nitrogens with zero attached hydrogens (tertiary/aromatic N) is 1. The Morgan fingerprint density at radius 2 is 1.96 bits per heavy atom. The number of aliphatic hydroxyl groups excluding tert-OH is 1. The summed E-state index contributed by atoms with van der Waals surface area (Å²) >= 11 is 0. The Hall–Kier alpha value is -2.73. The Morgan fingerprint density at radius 3 is 2.75 bits per heavy atom. The van der Waals surface area contributed by atoms with Gasteiger partial charge in [0, 0.05) is 18.7 Å². The molecule has 2 aliphatic rings. The first kappa shape index (κ1) is 18.6. The van der Waals surface area contributed by atoms with E-state index in [1.54, 1.807) is 12.1 Å². The average molecular weight is 383 g/mol. The van der Waals surface area contributed by atoms with E-state index in [4.69, 9.17) is 14.2 Å². The molecule has 0 radical (unpaired) electrons. The van der Waals surface area contributed by atoms with Crippen LogP contribution in [-0.4, -0.2) is 42.8 Å². The number of carbonyl (C=O) groups excluding carboxylic acids is 1. The Kier molecular flexibility index (Phi) is 5.39. The van der Waals surface area contributed by atoms with Gasteiger partial charge in [0.15, 0.2) is 11.5 Å². The van der Waals surface area contributed by atoms with Crippen LogP contribution in [0.1, 0.15) is 30.1 Å². The number of piperidine rings is 1. The second-order valence-electron chi connectivity index (χ2n) is 7.15. The smallest absolute Gasteiger partial charge is 0.228 e. The molecule has 0 bridgehead atoms. The van der Waals surface area contributed by atoms with Crippen molar-refractivity contribution in [2.24, 2.45) is 5.92 Å². The van der Waals surface area contributed by atoms with Crippen LogP contribution in [0.3, 0.4) is 0 Å². The highest BCUT2D eigenvalue weighted by Gasteiger charge is 2.37. The maximum absolute atomic E-state index is 13.1. The molecule has 2 atom stereocenters. The van der Waals surface area contributed by atoms with Crippen molar-refractivity contribution in [2.45, 2.75) is 25.5 Å². The molecule has 2 heterocycles. The first-order valence-corrected chi connectivity index (χ1v) is 9.66.